The molecule has 5 aromatic rings. The van der Waals surface area contributed by atoms with Crippen LogP contribution in [0.2, 0.25) is 0 Å². The van der Waals surface area contributed by atoms with Gasteiger partial charge in [-0.1, -0.05) is 18.2 Å². The third-order valence-electron chi connectivity index (χ3n) is 7.65. The highest BCUT2D eigenvalue weighted by atomic mass is 32.2. The summed E-state index contributed by atoms with van der Waals surface area (Å²) < 4.78 is 105. The molecule has 0 radical (unpaired) electrons. The summed E-state index contributed by atoms with van der Waals surface area (Å²) in [4.78, 5) is 8.72. The van der Waals surface area contributed by atoms with Crippen LogP contribution < -0.4 is 9.47 Å². The van der Waals surface area contributed by atoms with Gasteiger partial charge in [-0.05, 0) is 67.3 Å². The molecule has 7 rings (SSSR count). The Balaban J connectivity index is 1.46. The molecule has 0 spiro atoms. The third-order valence-corrected chi connectivity index (χ3v) is 8.76. The average molecular weight is 643 g/mol. The quantitative estimate of drug-likeness (QED) is 0.181. The molecule has 1 aliphatic carbocycles. The number of ether oxygens (including phenoxy) is 2. The molecule has 14 heteroatoms. The summed E-state index contributed by atoms with van der Waals surface area (Å²) in [6.07, 6.45) is -2.96. The molecule has 3 heterocycles. The molecule has 1 fully saturated rings. The molecule has 0 amide bonds. The number of alkyl halides is 5. The van der Waals surface area contributed by atoms with E-state index < -0.39 is 28.0 Å². The Hall–Kier alpha value is -4.72. The molecule has 0 unspecified atom stereocenters. The van der Waals surface area contributed by atoms with Crippen LogP contribution in [0.3, 0.4) is 0 Å². The van der Waals surface area contributed by atoms with E-state index in [1.807, 2.05) is 0 Å². The van der Waals surface area contributed by atoms with Gasteiger partial charge in [0.1, 0.15) is 11.6 Å². The van der Waals surface area contributed by atoms with Crippen molar-refractivity contribution in [3.05, 3.63) is 90.3 Å². The summed E-state index contributed by atoms with van der Waals surface area (Å²) in [7, 11) is -3.53. The van der Waals surface area contributed by atoms with Crippen LogP contribution in [0.15, 0.2) is 78.0 Å². The number of sulfone groups is 1. The first-order valence-corrected chi connectivity index (χ1v) is 15.6. The standard InChI is InChI=1S/C31H23F5N4O4S/c1-17-37-28(30(32,33)34)16-39(17)25-10-8-20(19-4-3-5-22(12-19)45(2,41)42)13-23(25)29-38-24(18-6-7-18)15-40(29)21-9-11-26-27(14-21)44-31(35,36)43-26/h3-5,8-16,18H,6-7H2,1-2H3. The molecule has 45 heavy (non-hydrogen) atoms. The van der Waals surface area contributed by atoms with Crippen molar-refractivity contribution in [2.75, 3.05) is 6.26 Å². The molecule has 2 aliphatic rings. The fourth-order valence-electron chi connectivity index (χ4n) is 5.31. The summed E-state index contributed by atoms with van der Waals surface area (Å²) >= 11 is 0. The highest BCUT2D eigenvalue weighted by Gasteiger charge is 2.43. The first kappa shape index (κ1) is 29.0. The summed E-state index contributed by atoms with van der Waals surface area (Å²) in [5.41, 5.74) is 1.88. The van der Waals surface area contributed by atoms with Gasteiger partial charge in [0.25, 0.3) is 0 Å². The normalized spacial score (nSPS) is 15.9. The zero-order chi connectivity index (χ0) is 31.9. The van der Waals surface area contributed by atoms with Crippen LogP contribution in [-0.2, 0) is 16.0 Å². The molecule has 0 saturated heterocycles. The number of hydrogen-bond donors (Lipinski definition) is 0. The van der Waals surface area contributed by atoms with Crippen LogP contribution in [-0.4, -0.2) is 40.1 Å². The fourth-order valence-corrected chi connectivity index (χ4v) is 5.98. The second kappa shape index (κ2) is 9.89. The van der Waals surface area contributed by atoms with Gasteiger partial charge in [0.15, 0.2) is 27.0 Å². The third kappa shape index (κ3) is 5.43. The molecule has 3 aromatic carbocycles. The van der Waals surface area contributed by atoms with Crippen LogP contribution in [0.1, 0.15) is 36.0 Å². The second-order valence-electron chi connectivity index (χ2n) is 11.0. The van der Waals surface area contributed by atoms with E-state index in [9.17, 15) is 30.4 Å². The van der Waals surface area contributed by atoms with Gasteiger partial charge in [0, 0.05) is 36.2 Å². The van der Waals surface area contributed by atoms with E-state index in [0.717, 1.165) is 31.0 Å². The van der Waals surface area contributed by atoms with Gasteiger partial charge in [0.2, 0.25) is 0 Å². The van der Waals surface area contributed by atoms with Crippen LogP contribution in [0.4, 0.5) is 22.0 Å². The number of hydrogen-bond acceptors (Lipinski definition) is 6. The Morgan fingerprint density at radius 3 is 2.31 bits per heavy atom. The number of imidazole rings is 2. The van der Waals surface area contributed by atoms with Crippen LogP contribution >= 0.6 is 0 Å². The highest BCUT2D eigenvalue weighted by Crippen LogP contribution is 2.45. The van der Waals surface area contributed by atoms with Crippen molar-refractivity contribution >= 4 is 9.84 Å². The van der Waals surface area contributed by atoms with Crippen molar-refractivity contribution in [1.82, 2.24) is 19.1 Å². The van der Waals surface area contributed by atoms with E-state index in [1.54, 1.807) is 47.2 Å². The van der Waals surface area contributed by atoms with Crippen molar-refractivity contribution in [3.63, 3.8) is 0 Å². The maximum Gasteiger partial charge on any atom is 0.586 e. The average Bonchev–Trinajstić information content (AvgIpc) is 3.46. The minimum Gasteiger partial charge on any atom is -0.395 e. The zero-order valence-corrected chi connectivity index (χ0v) is 24.5. The second-order valence-corrected chi connectivity index (χ2v) is 13.0. The molecular weight excluding hydrogens is 619 g/mol. The van der Waals surface area contributed by atoms with Crippen molar-refractivity contribution in [3.8, 4) is 45.4 Å². The first-order chi connectivity index (χ1) is 21.2. The van der Waals surface area contributed by atoms with Crippen LogP contribution in [0.5, 0.6) is 11.5 Å². The Kier molecular flexibility index (Phi) is 6.38. The van der Waals surface area contributed by atoms with Gasteiger partial charge in [0.05, 0.1) is 22.0 Å². The summed E-state index contributed by atoms with van der Waals surface area (Å²) in [5, 5.41) is 0. The van der Waals surface area contributed by atoms with E-state index in [1.165, 1.54) is 35.8 Å². The number of aromatic nitrogens is 4. The zero-order valence-electron chi connectivity index (χ0n) is 23.6. The lowest BCUT2D eigenvalue weighted by Crippen LogP contribution is -2.25. The summed E-state index contributed by atoms with van der Waals surface area (Å²) in [6.45, 7) is 1.45. The molecule has 8 nitrogen and oxygen atoms in total. The first-order valence-electron chi connectivity index (χ1n) is 13.7. The predicted molar refractivity (Wildman–Crippen MR) is 153 cm³/mol. The van der Waals surface area contributed by atoms with Crippen LogP contribution in [0, 0.1) is 6.92 Å². The van der Waals surface area contributed by atoms with Gasteiger partial charge < -0.3 is 14.0 Å². The van der Waals surface area contributed by atoms with E-state index in [-0.39, 0.29) is 28.1 Å². The lowest BCUT2D eigenvalue weighted by molar-refractivity contribution is -0.286. The molecule has 1 aliphatic heterocycles. The van der Waals surface area contributed by atoms with E-state index in [4.69, 9.17) is 4.98 Å². The Morgan fingerprint density at radius 2 is 1.62 bits per heavy atom. The summed E-state index contributed by atoms with van der Waals surface area (Å²) in [5.74, 6) is 0.224. The maximum absolute atomic E-state index is 13.8. The molecule has 1 saturated carbocycles. The number of aryl methyl sites for hydroxylation is 1. The number of fused-ring (bicyclic) bond motifs is 1. The Labute approximate surface area is 253 Å². The minimum absolute atomic E-state index is 0.0706. The maximum atomic E-state index is 13.8. The van der Waals surface area contributed by atoms with Crippen LogP contribution in [0.25, 0.3) is 33.9 Å². The van der Waals surface area contributed by atoms with E-state index >= 15 is 0 Å². The lowest BCUT2D eigenvalue weighted by Gasteiger charge is -2.16. The van der Waals surface area contributed by atoms with Gasteiger partial charge in [-0.15, -0.1) is 8.78 Å². The minimum atomic E-state index is -4.69. The Bertz CT molecular complexity index is 2100. The monoisotopic (exact) mass is 642 g/mol. The largest absolute Gasteiger partial charge is 0.586 e. The number of nitrogens with zero attached hydrogens (tertiary/aromatic N) is 4. The van der Waals surface area contributed by atoms with Gasteiger partial charge in [-0.25, -0.2) is 18.4 Å². The predicted octanol–water partition coefficient (Wildman–Crippen LogP) is 7.32. The molecule has 232 valence electrons. The molecule has 0 bridgehead atoms. The number of rotatable bonds is 6. The number of halogens is 5. The smallest absolute Gasteiger partial charge is 0.395 e. The van der Waals surface area contributed by atoms with Gasteiger partial charge >= 0.3 is 12.5 Å². The lowest BCUT2D eigenvalue weighted by atomic mass is 10.0. The van der Waals surface area contributed by atoms with Crippen molar-refractivity contribution in [2.24, 2.45) is 0 Å². The van der Waals surface area contributed by atoms with Crippen molar-refractivity contribution in [2.45, 2.75) is 43.0 Å². The van der Waals surface area contributed by atoms with Gasteiger partial charge in [-0.3, -0.25) is 4.57 Å². The molecule has 0 N–H and O–H groups in total. The Morgan fingerprint density at radius 1 is 0.889 bits per heavy atom. The number of benzene rings is 3. The fraction of sp³-hybridized carbons (Fsp3) is 0.226. The topological polar surface area (TPSA) is 88.2 Å². The molecular formula is C31H23F5N4O4S. The van der Waals surface area contributed by atoms with E-state index in [0.29, 0.717) is 33.9 Å². The molecule has 2 aromatic heterocycles. The van der Waals surface area contributed by atoms with E-state index in [2.05, 4.69) is 14.5 Å². The highest BCUT2D eigenvalue weighted by molar-refractivity contribution is 7.90. The SMILES string of the molecule is Cc1nc(C(F)(F)F)cn1-c1ccc(-c2cccc(S(C)(=O)=O)c2)cc1-c1nc(C2CC2)cn1-c1ccc2c(c1)OC(F)(F)O2. The summed E-state index contributed by atoms with van der Waals surface area (Å²) in [6, 6.07) is 15.6. The molecule has 0 atom stereocenters. The van der Waals surface area contributed by atoms with Crippen molar-refractivity contribution < 1.29 is 39.8 Å². The van der Waals surface area contributed by atoms with Gasteiger partial charge in [-0.2, -0.15) is 13.2 Å². The van der Waals surface area contributed by atoms with Crippen molar-refractivity contribution in [1.29, 1.82) is 0 Å².